The van der Waals surface area contributed by atoms with Gasteiger partial charge in [0.05, 0.1) is 0 Å². The third-order valence-electron chi connectivity index (χ3n) is 3.47. The molecule has 1 saturated heterocycles. The van der Waals surface area contributed by atoms with Gasteiger partial charge in [-0.3, -0.25) is 4.90 Å². The van der Waals surface area contributed by atoms with Gasteiger partial charge in [-0.2, -0.15) is 0 Å². The van der Waals surface area contributed by atoms with E-state index >= 15 is 0 Å². The molecule has 0 aromatic heterocycles. The molecule has 1 fully saturated rings. The molecule has 2 rings (SSSR count). The first-order valence-corrected chi connectivity index (χ1v) is 7.70. The van der Waals surface area contributed by atoms with Gasteiger partial charge in [0, 0.05) is 35.8 Å². The predicted octanol–water partition coefficient (Wildman–Crippen LogP) is 3.20. The summed E-state index contributed by atoms with van der Waals surface area (Å²) in [7, 11) is 0. The molecule has 1 aromatic carbocycles. The van der Waals surface area contributed by atoms with Gasteiger partial charge >= 0.3 is 0 Å². The first-order chi connectivity index (χ1) is 8.81. The van der Waals surface area contributed by atoms with Crippen LogP contribution in [0.25, 0.3) is 0 Å². The quantitative estimate of drug-likeness (QED) is 0.644. The largest absolute Gasteiger partial charge is 0.314 e. The number of benzene rings is 1. The molecule has 1 N–H and O–H groups in total. The van der Waals surface area contributed by atoms with Crippen LogP contribution in [0.2, 0.25) is 0 Å². The van der Waals surface area contributed by atoms with E-state index in [9.17, 15) is 0 Å². The van der Waals surface area contributed by atoms with Crippen molar-refractivity contribution in [3.8, 4) is 0 Å². The van der Waals surface area contributed by atoms with E-state index in [1.807, 2.05) is 6.08 Å². The summed E-state index contributed by atoms with van der Waals surface area (Å²) in [6.45, 7) is 8.36. The fourth-order valence-electron chi connectivity index (χ4n) is 2.54. The van der Waals surface area contributed by atoms with Gasteiger partial charge < -0.3 is 5.32 Å². The topological polar surface area (TPSA) is 15.3 Å². The van der Waals surface area contributed by atoms with Crippen molar-refractivity contribution in [1.29, 1.82) is 0 Å². The second-order valence-corrected chi connectivity index (χ2v) is 5.97. The number of nitrogens with zero attached hydrogens (tertiary/aromatic N) is 1. The Hall–Kier alpha value is -0.390. The van der Waals surface area contributed by atoms with Gasteiger partial charge in [-0.15, -0.1) is 6.58 Å². The summed E-state index contributed by atoms with van der Waals surface area (Å²) in [6.07, 6.45) is 4.28. The number of hydrogen-bond acceptors (Lipinski definition) is 2. The zero-order chi connectivity index (χ0) is 12.8. The van der Waals surface area contributed by atoms with Crippen molar-refractivity contribution in [2.24, 2.45) is 0 Å². The molecule has 1 heterocycles. The summed E-state index contributed by atoms with van der Waals surface area (Å²) in [5, 5.41) is 3.43. The van der Waals surface area contributed by atoms with Crippen LogP contribution in [0.1, 0.15) is 24.4 Å². The summed E-state index contributed by atoms with van der Waals surface area (Å²) >= 11 is 2.40. The van der Waals surface area contributed by atoms with Crippen LogP contribution in [-0.4, -0.2) is 31.1 Å². The van der Waals surface area contributed by atoms with Crippen molar-refractivity contribution in [3.63, 3.8) is 0 Å². The molecule has 98 valence electrons. The molecule has 0 saturated carbocycles. The van der Waals surface area contributed by atoms with E-state index in [1.54, 1.807) is 0 Å². The standard InChI is InChI=1S/C15H21IN2/c1-2-3-7-15(18-10-8-17-9-11-18)13-5-4-6-14(16)12-13/h2,4-6,12,15,17H,1,3,7-11H2/t15-/m1/s1. The molecule has 0 amide bonds. The number of nitrogens with one attached hydrogen (secondary N) is 1. The van der Waals surface area contributed by atoms with Crippen LogP contribution in [0.3, 0.4) is 0 Å². The lowest BCUT2D eigenvalue weighted by Gasteiger charge is -2.35. The van der Waals surface area contributed by atoms with Gasteiger partial charge in [-0.1, -0.05) is 18.2 Å². The van der Waals surface area contributed by atoms with Crippen molar-refractivity contribution in [3.05, 3.63) is 46.1 Å². The first kappa shape index (κ1) is 14.0. The van der Waals surface area contributed by atoms with E-state index in [4.69, 9.17) is 0 Å². The molecule has 0 unspecified atom stereocenters. The number of rotatable bonds is 5. The highest BCUT2D eigenvalue weighted by molar-refractivity contribution is 14.1. The average molecular weight is 356 g/mol. The summed E-state index contributed by atoms with van der Waals surface area (Å²) in [5.41, 5.74) is 1.45. The Labute approximate surface area is 124 Å². The molecular formula is C15H21IN2. The van der Waals surface area contributed by atoms with Crippen molar-refractivity contribution in [1.82, 2.24) is 10.2 Å². The molecule has 0 radical (unpaired) electrons. The lowest BCUT2D eigenvalue weighted by Crippen LogP contribution is -2.45. The maximum atomic E-state index is 3.86. The van der Waals surface area contributed by atoms with Gasteiger partial charge in [0.15, 0.2) is 0 Å². The second kappa shape index (κ2) is 7.26. The Morgan fingerprint density at radius 3 is 2.83 bits per heavy atom. The van der Waals surface area contributed by atoms with E-state index in [0.717, 1.165) is 32.6 Å². The normalized spacial score (nSPS) is 18.5. The van der Waals surface area contributed by atoms with Crippen molar-refractivity contribution >= 4 is 22.6 Å². The number of piperazine rings is 1. The number of allylic oxidation sites excluding steroid dienone is 1. The van der Waals surface area contributed by atoms with Crippen molar-refractivity contribution < 1.29 is 0 Å². The highest BCUT2D eigenvalue weighted by Crippen LogP contribution is 2.27. The fourth-order valence-corrected chi connectivity index (χ4v) is 3.11. The number of hydrogen-bond donors (Lipinski definition) is 1. The van der Waals surface area contributed by atoms with E-state index in [2.05, 4.69) is 63.7 Å². The maximum absolute atomic E-state index is 3.86. The van der Waals surface area contributed by atoms with Crippen molar-refractivity contribution in [2.75, 3.05) is 26.2 Å². The summed E-state index contributed by atoms with van der Waals surface area (Å²) in [6, 6.07) is 9.45. The average Bonchev–Trinajstić information content (AvgIpc) is 2.40. The molecular weight excluding hydrogens is 335 g/mol. The maximum Gasteiger partial charge on any atom is 0.0352 e. The van der Waals surface area contributed by atoms with Crippen LogP contribution in [0.15, 0.2) is 36.9 Å². The zero-order valence-electron chi connectivity index (χ0n) is 10.7. The number of halogens is 1. The van der Waals surface area contributed by atoms with Crippen LogP contribution in [-0.2, 0) is 0 Å². The molecule has 18 heavy (non-hydrogen) atoms. The minimum atomic E-state index is 0.541. The molecule has 2 nitrogen and oxygen atoms in total. The Morgan fingerprint density at radius 2 is 2.17 bits per heavy atom. The molecule has 1 aliphatic rings. The molecule has 3 heteroatoms. The molecule has 0 bridgehead atoms. The molecule has 0 spiro atoms. The van der Waals surface area contributed by atoms with E-state index in [1.165, 1.54) is 15.6 Å². The van der Waals surface area contributed by atoms with E-state index < -0.39 is 0 Å². The van der Waals surface area contributed by atoms with Crippen LogP contribution in [0.5, 0.6) is 0 Å². The smallest absolute Gasteiger partial charge is 0.0352 e. The highest BCUT2D eigenvalue weighted by Gasteiger charge is 2.21. The Kier molecular flexibility index (Phi) is 5.66. The van der Waals surface area contributed by atoms with Crippen LogP contribution in [0, 0.1) is 3.57 Å². The van der Waals surface area contributed by atoms with Crippen molar-refractivity contribution in [2.45, 2.75) is 18.9 Å². The third-order valence-corrected chi connectivity index (χ3v) is 4.14. The van der Waals surface area contributed by atoms with Gasteiger partial charge in [0.2, 0.25) is 0 Å². The summed E-state index contributed by atoms with van der Waals surface area (Å²) in [5.74, 6) is 0. The Bertz CT molecular complexity index is 386. The van der Waals surface area contributed by atoms with Gasteiger partial charge in [0.1, 0.15) is 0 Å². The van der Waals surface area contributed by atoms with Crippen LogP contribution in [0.4, 0.5) is 0 Å². The molecule has 1 aliphatic heterocycles. The minimum Gasteiger partial charge on any atom is -0.314 e. The molecule has 1 atom stereocenters. The fraction of sp³-hybridized carbons (Fsp3) is 0.467. The lowest BCUT2D eigenvalue weighted by atomic mass is 9.99. The SMILES string of the molecule is C=CCC[C@H](c1cccc(I)c1)N1CCNCC1. The van der Waals surface area contributed by atoms with Gasteiger partial charge in [-0.25, -0.2) is 0 Å². The zero-order valence-corrected chi connectivity index (χ0v) is 12.9. The Morgan fingerprint density at radius 1 is 1.39 bits per heavy atom. The second-order valence-electron chi connectivity index (χ2n) is 4.72. The summed E-state index contributed by atoms with van der Waals surface area (Å²) < 4.78 is 1.32. The van der Waals surface area contributed by atoms with E-state index in [0.29, 0.717) is 6.04 Å². The Balaban J connectivity index is 2.15. The van der Waals surface area contributed by atoms with E-state index in [-0.39, 0.29) is 0 Å². The molecule has 0 aliphatic carbocycles. The summed E-state index contributed by atoms with van der Waals surface area (Å²) in [4.78, 5) is 2.60. The van der Waals surface area contributed by atoms with Gasteiger partial charge in [-0.05, 0) is 53.1 Å². The monoisotopic (exact) mass is 356 g/mol. The van der Waals surface area contributed by atoms with Crippen LogP contribution < -0.4 is 5.32 Å². The lowest BCUT2D eigenvalue weighted by molar-refractivity contribution is 0.166. The van der Waals surface area contributed by atoms with Gasteiger partial charge in [0.25, 0.3) is 0 Å². The highest BCUT2D eigenvalue weighted by atomic mass is 127. The predicted molar refractivity (Wildman–Crippen MR) is 85.8 cm³/mol. The van der Waals surface area contributed by atoms with Crippen LogP contribution >= 0.6 is 22.6 Å². The third kappa shape index (κ3) is 3.80. The molecule has 1 aromatic rings. The first-order valence-electron chi connectivity index (χ1n) is 6.62. The minimum absolute atomic E-state index is 0.541.